The van der Waals surface area contributed by atoms with Gasteiger partial charge in [-0.25, -0.2) is 8.42 Å². The van der Waals surface area contributed by atoms with Gasteiger partial charge in [-0.15, -0.1) is 23.1 Å². The number of aliphatic carboxylic acids is 1. The maximum Gasteiger partial charge on any atom is 0.325 e. The first-order valence-corrected chi connectivity index (χ1v) is 15.0. The highest BCUT2D eigenvalue weighted by Gasteiger charge is 2.79. The fraction of sp³-hybridized carbons (Fsp3) is 0.280. The van der Waals surface area contributed by atoms with Crippen LogP contribution in [0.4, 0.5) is 0 Å². The third kappa shape index (κ3) is 4.56. The number of esters is 1. The van der Waals surface area contributed by atoms with Crippen molar-refractivity contribution < 1.29 is 27.9 Å². The first-order chi connectivity index (χ1) is 17.1. The number of thioether (sulfide) groups is 1. The van der Waals surface area contributed by atoms with Gasteiger partial charge in [0.15, 0.2) is 0 Å². The molecule has 1 aliphatic rings. The van der Waals surface area contributed by atoms with Crippen LogP contribution in [-0.2, 0) is 29.8 Å². The zero-order valence-electron chi connectivity index (χ0n) is 19.4. The van der Waals surface area contributed by atoms with Gasteiger partial charge in [-0.3, -0.25) is 9.59 Å². The molecule has 190 valence electrons. The van der Waals surface area contributed by atoms with Crippen LogP contribution in [0.2, 0.25) is 5.02 Å². The number of thiophene rings is 1. The van der Waals surface area contributed by atoms with Crippen molar-refractivity contribution in [1.82, 2.24) is 4.72 Å². The van der Waals surface area contributed by atoms with Crippen molar-refractivity contribution >= 4 is 56.7 Å². The number of carboxylic acid groups (broad SMARTS) is 1. The second kappa shape index (κ2) is 10.2. The van der Waals surface area contributed by atoms with E-state index in [4.69, 9.17) is 16.3 Å². The lowest BCUT2D eigenvalue weighted by molar-refractivity contribution is -0.144. The predicted octanol–water partition coefficient (Wildman–Crippen LogP) is 4.81. The zero-order valence-corrected chi connectivity index (χ0v) is 22.6. The minimum absolute atomic E-state index is 0.0289. The van der Waals surface area contributed by atoms with Gasteiger partial charge in [0.25, 0.3) is 10.0 Å². The zero-order chi connectivity index (χ0) is 26.1. The van der Waals surface area contributed by atoms with Crippen LogP contribution >= 0.6 is 34.7 Å². The van der Waals surface area contributed by atoms with Gasteiger partial charge < -0.3 is 9.84 Å². The van der Waals surface area contributed by atoms with Gasteiger partial charge in [-0.1, -0.05) is 54.1 Å². The summed E-state index contributed by atoms with van der Waals surface area (Å²) in [5, 5.41) is 10.00. The van der Waals surface area contributed by atoms with E-state index in [0.29, 0.717) is 15.5 Å². The fourth-order valence-corrected chi connectivity index (χ4v) is 8.53. The summed E-state index contributed by atoms with van der Waals surface area (Å²) in [5.41, 5.74) is -1.93. The smallest absolute Gasteiger partial charge is 0.325 e. The molecule has 1 aliphatic carbocycles. The van der Waals surface area contributed by atoms with Crippen LogP contribution in [0.1, 0.15) is 18.9 Å². The van der Waals surface area contributed by atoms with Crippen molar-refractivity contribution in [1.29, 1.82) is 0 Å². The number of carbonyl (C=O) groups is 2. The predicted molar refractivity (Wildman–Crippen MR) is 142 cm³/mol. The molecule has 11 heteroatoms. The van der Waals surface area contributed by atoms with E-state index in [9.17, 15) is 23.1 Å². The second-order valence-corrected chi connectivity index (χ2v) is 12.7. The molecule has 1 aromatic heterocycles. The van der Waals surface area contributed by atoms with E-state index in [1.54, 1.807) is 73.8 Å². The Morgan fingerprint density at radius 1 is 1.14 bits per heavy atom. The van der Waals surface area contributed by atoms with Crippen molar-refractivity contribution in [2.75, 3.05) is 12.9 Å². The van der Waals surface area contributed by atoms with Gasteiger partial charge in [-0.05, 0) is 55.0 Å². The summed E-state index contributed by atoms with van der Waals surface area (Å²) >= 11 is 8.12. The average Bonchev–Trinajstić information content (AvgIpc) is 3.24. The van der Waals surface area contributed by atoms with E-state index in [-0.39, 0.29) is 17.2 Å². The largest absolute Gasteiger partial charge is 0.480 e. The summed E-state index contributed by atoms with van der Waals surface area (Å²) in [5.74, 6) is -1.94. The molecule has 0 radical (unpaired) electrons. The summed E-state index contributed by atoms with van der Waals surface area (Å²) in [4.78, 5) is 26.4. The number of nitrogens with one attached hydrogen (secondary N) is 1. The molecule has 0 bridgehead atoms. The van der Waals surface area contributed by atoms with Crippen LogP contribution in [0, 0.1) is 0 Å². The van der Waals surface area contributed by atoms with Gasteiger partial charge in [0.1, 0.15) is 15.0 Å². The monoisotopic (exact) mass is 565 g/mol. The molecule has 0 amide bonds. The van der Waals surface area contributed by atoms with Gasteiger partial charge in [-0.2, -0.15) is 4.72 Å². The van der Waals surface area contributed by atoms with Crippen LogP contribution in [0.25, 0.3) is 10.4 Å². The van der Waals surface area contributed by atoms with Crippen molar-refractivity contribution in [3.63, 3.8) is 0 Å². The Kier molecular flexibility index (Phi) is 7.55. The van der Waals surface area contributed by atoms with Gasteiger partial charge >= 0.3 is 11.9 Å². The minimum atomic E-state index is -4.25. The molecule has 0 spiro atoms. The Hall–Kier alpha value is -2.37. The van der Waals surface area contributed by atoms with Crippen molar-refractivity contribution in [3.8, 4) is 10.4 Å². The number of carbonyl (C=O) groups excluding carboxylic acids is 1. The van der Waals surface area contributed by atoms with Crippen molar-refractivity contribution in [2.24, 2.45) is 0 Å². The third-order valence-electron chi connectivity index (χ3n) is 6.30. The molecule has 3 atom stereocenters. The molecule has 4 rings (SSSR count). The first kappa shape index (κ1) is 26.7. The summed E-state index contributed by atoms with van der Waals surface area (Å²) in [6.45, 7) is 1.79. The molecule has 0 aliphatic heterocycles. The lowest BCUT2D eigenvalue weighted by atomic mass is 9.87. The Morgan fingerprint density at radius 2 is 1.81 bits per heavy atom. The highest BCUT2D eigenvalue weighted by Crippen LogP contribution is 2.63. The number of halogens is 1. The summed E-state index contributed by atoms with van der Waals surface area (Å²) < 4.78 is 34.7. The molecule has 2 aromatic carbocycles. The van der Waals surface area contributed by atoms with E-state index in [0.717, 1.165) is 28.7 Å². The molecule has 2 N–H and O–H groups in total. The highest BCUT2D eigenvalue weighted by atomic mass is 35.5. The standard InChI is InChI=1S/C25H24ClNO6S3/c1-3-33-22(28)21(34-2)24(17-7-5-4-6-8-17)15-25(24,23(29)30)27-36(31,32)20-14-13-19(35-20)16-9-11-18(26)12-10-16/h4-14,21,27H,3,15H2,1-2H3,(H,29,30)/t21?,24-,25-/m0/s1. The van der Waals surface area contributed by atoms with Gasteiger partial charge in [0.05, 0.1) is 12.0 Å². The molecule has 7 nitrogen and oxygen atoms in total. The topological polar surface area (TPSA) is 110 Å². The number of sulfonamides is 1. The van der Waals surface area contributed by atoms with Crippen LogP contribution < -0.4 is 4.72 Å². The lowest BCUT2D eigenvalue weighted by Crippen LogP contribution is -2.52. The van der Waals surface area contributed by atoms with E-state index in [1.165, 1.54) is 6.07 Å². The SMILES string of the molecule is CCOC(=O)C(SC)[C@@]1(c2ccccc2)C[C@]1(NS(=O)(=O)c1ccc(-c2ccc(Cl)cc2)s1)C(=O)O. The average molecular weight is 566 g/mol. The number of rotatable bonds is 10. The van der Waals surface area contributed by atoms with Crippen molar-refractivity contribution in [3.05, 3.63) is 77.3 Å². The highest BCUT2D eigenvalue weighted by molar-refractivity contribution is 8.00. The number of ether oxygens (including phenoxy) is 1. The molecular formula is C25H24ClNO6S3. The first-order valence-electron chi connectivity index (χ1n) is 11.0. The Bertz CT molecular complexity index is 1380. The second-order valence-electron chi connectivity index (χ2n) is 8.32. The molecule has 1 saturated carbocycles. The number of hydrogen-bond acceptors (Lipinski definition) is 7. The van der Waals surface area contributed by atoms with Crippen LogP contribution in [0.15, 0.2) is 70.9 Å². The summed E-state index contributed by atoms with van der Waals surface area (Å²) in [6.07, 6.45) is 1.59. The molecule has 1 fully saturated rings. The summed E-state index contributed by atoms with van der Waals surface area (Å²) in [6, 6.07) is 18.7. The fourth-order valence-electron chi connectivity index (χ4n) is 4.59. The van der Waals surface area contributed by atoms with E-state index in [2.05, 4.69) is 4.72 Å². The van der Waals surface area contributed by atoms with Crippen molar-refractivity contribution in [2.45, 2.75) is 33.8 Å². The Morgan fingerprint density at radius 3 is 2.39 bits per heavy atom. The summed E-state index contributed by atoms with van der Waals surface area (Å²) in [7, 11) is -4.25. The normalized spacial score (nSPS) is 22.1. The van der Waals surface area contributed by atoms with E-state index < -0.39 is 38.2 Å². The maximum atomic E-state index is 13.5. The molecule has 36 heavy (non-hydrogen) atoms. The minimum Gasteiger partial charge on any atom is -0.480 e. The quantitative estimate of drug-likeness (QED) is 0.340. The molecule has 1 unspecified atom stereocenters. The third-order valence-corrected chi connectivity index (χ3v) is 10.7. The van der Waals surface area contributed by atoms with Gasteiger partial charge in [0.2, 0.25) is 0 Å². The van der Waals surface area contributed by atoms with Crippen LogP contribution in [-0.4, -0.2) is 49.1 Å². The molecule has 3 aromatic rings. The number of benzene rings is 2. The van der Waals surface area contributed by atoms with Gasteiger partial charge in [0, 0.05) is 9.90 Å². The Labute approximate surface area is 222 Å². The van der Waals surface area contributed by atoms with Crippen LogP contribution in [0.3, 0.4) is 0 Å². The Balaban J connectivity index is 1.75. The molecule has 0 saturated heterocycles. The van der Waals surface area contributed by atoms with E-state index >= 15 is 0 Å². The lowest BCUT2D eigenvalue weighted by Gasteiger charge is -2.29. The maximum absolute atomic E-state index is 13.5. The van der Waals surface area contributed by atoms with E-state index in [1.807, 2.05) is 0 Å². The number of hydrogen-bond donors (Lipinski definition) is 2. The number of carboxylic acids is 1. The molecular weight excluding hydrogens is 542 g/mol. The molecule has 1 heterocycles. The van der Waals surface area contributed by atoms with Crippen LogP contribution in [0.5, 0.6) is 0 Å².